The molecule has 104 valence electrons. The van der Waals surface area contributed by atoms with Crippen LogP contribution in [0.25, 0.3) is 0 Å². The van der Waals surface area contributed by atoms with Crippen LogP contribution in [0.3, 0.4) is 0 Å². The predicted molar refractivity (Wildman–Crippen MR) is 80.8 cm³/mol. The second-order valence-corrected chi connectivity index (χ2v) is 5.92. The third kappa shape index (κ3) is 2.63. The van der Waals surface area contributed by atoms with Crippen LogP contribution < -0.4 is 10.2 Å². The van der Waals surface area contributed by atoms with E-state index in [-0.39, 0.29) is 0 Å². The van der Waals surface area contributed by atoms with Crippen LogP contribution in [0.4, 0.5) is 5.69 Å². The Morgan fingerprint density at radius 1 is 1.26 bits per heavy atom. The van der Waals surface area contributed by atoms with E-state index < -0.39 is 0 Å². The Morgan fingerprint density at radius 3 is 2.95 bits per heavy atom. The first-order valence-corrected chi connectivity index (χ1v) is 7.51. The molecular formula is C16H25N3. The number of nitrogens with one attached hydrogen (secondary N) is 1. The normalized spacial score (nSPS) is 23.7. The van der Waals surface area contributed by atoms with Gasteiger partial charge in [0.2, 0.25) is 0 Å². The predicted octanol–water partition coefficient (Wildman–Crippen LogP) is 2.00. The lowest BCUT2D eigenvalue weighted by Gasteiger charge is -2.39. The van der Waals surface area contributed by atoms with Crippen LogP contribution in [0, 0.1) is 6.92 Å². The lowest BCUT2D eigenvalue weighted by Crippen LogP contribution is -2.50. The highest BCUT2D eigenvalue weighted by Crippen LogP contribution is 2.26. The van der Waals surface area contributed by atoms with Crippen molar-refractivity contribution in [1.82, 2.24) is 10.2 Å². The molecule has 1 aromatic rings. The summed E-state index contributed by atoms with van der Waals surface area (Å²) in [6, 6.07) is 7.73. The smallest absolute Gasteiger partial charge is 0.0370 e. The molecule has 3 nitrogen and oxygen atoms in total. The van der Waals surface area contributed by atoms with Crippen molar-refractivity contribution in [2.24, 2.45) is 0 Å². The Kier molecular flexibility index (Phi) is 3.76. The van der Waals surface area contributed by atoms with Crippen molar-refractivity contribution in [1.29, 1.82) is 0 Å². The molecule has 1 unspecified atom stereocenters. The van der Waals surface area contributed by atoms with Gasteiger partial charge in [0.15, 0.2) is 0 Å². The van der Waals surface area contributed by atoms with Crippen molar-refractivity contribution in [3.8, 4) is 0 Å². The zero-order valence-corrected chi connectivity index (χ0v) is 12.2. The average Bonchev–Trinajstić information content (AvgIpc) is 2.88. The maximum absolute atomic E-state index is 3.23. The monoisotopic (exact) mass is 259 g/mol. The van der Waals surface area contributed by atoms with E-state index in [0.29, 0.717) is 0 Å². The van der Waals surface area contributed by atoms with Crippen LogP contribution >= 0.6 is 0 Å². The van der Waals surface area contributed by atoms with Gasteiger partial charge in [-0.3, -0.25) is 4.90 Å². The van der Waals surface area contributed by atoms with Gasteiger partial charge >= 0.3 is 0 Å². The van der Waals surface area contributed by atoms with Crippen LogP contribution in [0.15, 0.2) is 18.2 Å². The molecule has 19 heavy (non-hydrogen) atoms. The Morgan fingerprint density at radius 2 is 2.16 bits per heavy atom. The number of hydrogen-bond acceptors (Lipinski definition) is 3. The second-order valence-electron chi connectivity index (χ2n) is 5.92. The molecule has 2 heterocycles. The van der Waals surface area contributed by atoms with Gasteiger partial charge in [-0.2, -0.15) is 0 Å². The summed E-state index contributed by atoms with van der Waals surface area (Å²) in [6.07, 6.45) is 2.77. The molecule has 2 aliphatic heterocycles. The van der Waals surface area contributed by atoms with Gasteiger partial charge in [-0.1, -0.05) is 6.07 Å². The minimum atomic E-state index is 0.797. The first-order valence-electron chi connectivity index (χ1n) is 7.51. The molecular weight excluding hydrogens is 234 g/mol. The third-order valence-corrected chi connectivity index (χ3v) is 4.65. The van der Waals surface area contributed by atoms with E-state index in [1.54, 1.807) is 0 Å². The van der Waals surface area contributed by atoms with Crippen LogP contribution in [-0.4, -0.2) is 44.2 Å². The summed E-state index contributed by atoms with van der Waals surface area (Å²) in [7, 11) is 2.01. The van der Waals surface area contributed by atoms with E-state index in [0.717, 1.165) is 12.6 Å². The topological polar surface area (TPSA) is 18.5 Å². The van der Waals surface area contributed by atoms with E-state index >= 15 is 0 Å². The van der Waals surface area contributed by atoms with Crippen LogP contribution in [0.5, 0.6) is 0 Å². The van der Waals surface area contributed by atoms with Crippen molar-refractivity contribution in [3.05, 3.63) is 29.3 Å². The fourth-order valence-electron chi connectivity index (χ4n) is 3.49. The van der Waals surface area contributed by atoms with Crippen molar-refractivity contribution in [2.45, 2.75) is 32.4 Å². The molecule has 1 atom stereocenters. The van der Waals surface area contributed by atoms with Gasteiger partial charge < -0.3 is 10.2 Å². The van der Waals surface area contributed by atoms with Crippen molar-refractivity contribution in [3.63, 3.8) is 0 Å². The number of benzene rings is 1. The van der Waals surface area contributed by atoms with E-state index in [1.807, 2.05) is 7.05 Å². The molecule has 1 aromatic carbocycles. The highest BCUT2D eigenvalue weighted by Gasteiger charge is 2.30. The van der Waals surface area contributed by atoms with Crippen molar-refractivity contribution in [2.75, 3.05) is 38.1 Å². The lowest BCUT2D eigenvalue weighted by molar-refractivity contribution is 0.231. The van der Waals surface area contributed by atoms with Crippen LogP contribution in [-0.2, 0) is 6.54 Å². The Bertz CT molecular complexity index is 444. The second kappa shape index (κ2) is 5.51. The summed E-state index contributed by atoms with van der Waals surface area (Å²) < 4.78 is 0. The molecule has 0 amide bonds. The Labute approximate surface area is 116 Å². The standard InChI is InChI=1S/C16H25N3/c1-13-10-15(6-5-14(13)11-17-2)19-9-8-18-7-3-4-16(18)12-19/h5-6,10,16-17H,3-4,7-9,11-12H2,1-2H3. The van der Waals surface area contributed by atoms with Gasteiger partial charge in [-0.15, -0.1) is 0 Å². The number of nitrogens with zero attached hydrogens (tertiary/aromatic N) is 2. The van der Waals surface area contributed by atoms with E-state index in [1.165, 1.54) is 55.8 Å². The fraction of sp³-hybridized carbons (Fsp3) is 0.625. The molecule has 0 aromatic heterocycles. The number of aryl methyl sites for hydroxylation is 1. The number of rotatable bonds is 3. The summed E-state index contributed by atoms with van der Waals surface area (Å²) in [5, 5.41) is 3.23. The third-order valence-electron chi connectivity index (χ3n) is 4.65. The summed E-state index contributed by atoms with van der Waals surface area (Å²) in [4.78, 5) is 5.24. The summed E-state index contributed by atoms with van der Waals surface area (Å²) in [5.41, 5.74) is 4.22. The number of fused-ring (bicyclic) bond motifs is 1. The molecule has 1 N–H and O–H groups in total. The largest absolute Gasteiger partial charge is 0.369 e. The molecule has 2 aliphatic rings. The van der Waals surface area contributed by atoms with E-state index in [9.17, 15) is 0 Å². The van der Waals surface area contributed by atoms with Gasteiger partial charge in [0, 0.05) is 37.9 Å². The number of anilines is 1. The average molecular weight is 259 g/mol. The van der Waals surface area contributed by atoms with Gasteiger partial charge in [-0.25, -0.2) is 0 Å². The van der Waals surface area contributed by atoms with Gasteiger partial charge in [0.25, 0.3) is 0 Å². The maximum Gasteiger partial charge on any atom is 0.0370 e. The SMILES string of the molecule is CNCc1ccc(N2CCN3CCCC3C2)cc1C. The van der Waals surface area contributed by atoms with Crippen molar-refractivity contribution >= 4 is 5.69 Å². The highest BCUT2D eigenvalue weighted by molar-refractivity contribution is 5.51. The number of hydrogen-bond donors (Lipinski definition) is 1. The molecule has 3 heteroatoms. The van der Waals surface area contributed by atoms with Gasteiger partial charge in [0.05, 0.1) is 0 Å². The first kappa shape index (κ1) is 12.9. The van der Waals surface area contributed by atoms with Gasteiger partial charge in [0.1, 0.15) is 0 Å². The molecule has 0 spiro atoms. The number of piperazine rings is 1. The molecule has 0 aliphatic carbocycles. The maximum atomic E-state index is 3.23. The minimum absolute atomic E-state index is 0.797. The molecule has 2 saturated heterocycles. The zero-order chi connectivity index (χ0) is 13.2. The fourth-order valence-corrected chi connectivity index (χ4v) is 3.49. The van der Waals surface area contributed by atoms with Crippen molar-refractivity contribution < 1.29 is 0 Å². The highest BCUT2D eigenvalue weighted by atomic mass is 15.3. The van der Waals surface area contributed by atoms with E-state index in [4.69, 9.17) is 0 Å². The summed E-state index contributed by atoms with van der Waals surface area (Å²) >= 11 is 0. The first-order chi connectivity index (χ1) is 9.28. The molecule has 0 radical (unpaired) electrons. The Hall–Kier alpha value is -1.06. The Balaban J connectivity index is 1.73. The lowest BCUT2D eigenvalue weighted by atomic mass is 10.1. The summed E-state index contributed by atoms with van der Waals surface area (Å²) in [6.45, 7) is 8.14. The summed E-state index contributed by atoms with van der Waals surface area (Å²) in [5.74, 6) is 0. The quantitative estimate of drug-likeness (QED) is 0.895. The van der Waals surface area contributed by atoms with Crippen LogP contribution in [0.1, 0.15) is 24.0 Å². The molecule has 0 saturated carbocycles. The van der Waals surface area contributed by atoms with Gasteiger partial charge in [-0.05, 0) is 56.6 Å². The van der Waals surface area contributed by atoms with E-state index in [2.05, 4.69) is 40.2 Å². The molecule has 0 bridgehead atoms. The molecule has 3 rings (SSSR count). The molecule has 2 fully saturated rings. The minimum Gasteiger partial charge on any atom is -0.369 e. The zero-order valence-electron chi connectivity index (χ0n) is 12.2. The van der Waals surface area contributed by atoms with Crippen LogP contribution in [0.2, 0.25) is 0 Å².